The monoisotopic (exact) mass is 368 g/mol. The number of hydrogen-bond donors (Lipinski definition) is 6. The van der Waals surface area contributed by atoms with Crippen LogP contribution in [0.2, 0.25) is 0 Å². The third kappa shape index (κ3) is 3.63. The zero-order chi connectivity index (χ0) is 18.8. The Morgan fingerprint density at radius 1 is 0.800 bits per heavy atom. The molecule has 0 aliphatic heterocycles. The predicted octanol–water partition coefficient (Wildman–Crippen LogP) is 0.444. The maximum absolute atomic E-state index is 13.0. The van der Waals surface area contributed by atoms with Crippen molar-refractivity contribution in [2.75, 3.05) is 24.7 Å². The summed E-state index contributed by atoms with van der Waals surface area (Å²) in [6, 6.07) is 7.65. The Morgan fingerprint density at radius 2 is 1.16 bits per heavy atom. The highest BCUT2D eigenvalue weighted by Crippen LogP contribution is 2.37. The zero-order valence-corrected chi connectivity index (χ0v) is 14.0. The number of aliphatic hydroxyl groups excluding tert-OH is 2. The Bertz CT molecular complexity index is 803. The minimum atomic E-state index is -4.10. The highest BCUT2D eigenvalue weighted by Gasteiger charge is 2.36. The minimum absolute atomic E-state index is 0.0272. The van der Waals surface area contributed by atoms with Gasteiger partial charge >= 0.3 is 0 Å². The van der Waals surface area contributed by atoms with Crippen LogP contribution in [0.1, 0.15) is 21.6 Å². The second-order valence-corrected chi connectivity index (χ2v) is 7.88. The number of nitrogen functional groups attached to an aromatic ring is 2. The highest BCUT2D eigenvalue weighted by molar-refractivity contribution is 7.92. The molecule has 0 fully saturated rings. The average Bonchev–Trinajstić information content (AvgIpc) is 2.55. The van der Waals surface area contributed by atoms with E-state index in [2.05, 4.69) is 0 Å². The molecule has 0 bridgehead atoms. The number of aliphatic hydroxyl groups is 2. The summed E-state index contributed by atoms with van der Waals surface area (Å²) in [5.41, 5.74) is 11.5. The van der Waals surface area contributed by atoms with Crippen LogP contribution in [0.15, 0.2) is 36.4 Å². The van der Waals surface area contributed by atoms with E-state index in [1.165, 1.54) is 36.4 Å². The molecular weight excluding hydrogens is 348 g/mol. The first-order valence-corrected chi connectivity index (χ1v) is 8.94. The number of hydrogen-bond acceptors (Lipinski definition) is 8. The van der Waals surface area contributed by atoms with Crippen LogP contribution in [0.3, 0.4) is 0 Å². The standard InChI is InChI=1S/C16H20N2O6S/c17-11-5-9(1-3-13(11)21)15(7-19)25(23,24)16(8-20)10-2-4-14(22)12(18)6-10/h1-6,15-16,19-22H,7-8,17-18H2. The second-order valence-electron chi connectivity index (χ2n) is 5.57. The fourth-order valence-corrected chi connectivity index (χ4v) is 4.41. The summed E-state index contributed by atoms with van der Waals surface area (Å²) in [6.45, 7) is -1.48. The normalized spacial score (nSPS) is 14.2. The number of phenols is 2. The van der Waals surface area contributed by atoms with Crippen molar-refractivity contribution in [3.63, 3.8) is 0 Å². The molecule has 8 N–H and O–H groups in total. The van der Waals surface area contributed by atoms with E-state index >= 15 is 0 Å². The Labute approximate surface area is 144 Å². The van der Waals surface area contributed by atoms with Gasteiger partial charge in [-0.2, -0.15) is 0 Å². The van der Waals surface area contributed by atoms with E-state index in [0.717, 1.165) is 0 Å². The maximum Gasteiger partial charge on any atom is 0.168 e. The Kier molecular flexibility index (Phi) is 5.41. The molecule has 8 nitrogen and oxygen atoms in total. The SMILES string of the molecule is Nc1cc(C(CO)S(=O)(=O)C(CO)c2ccc(O)c(N)c2)ccc1O. The summed E-state index contributed by atoms with van der Waals surface area (Å²) in [6.07, 6.45) is 0. The molecule has 0 amide bonds. The first kappa shape index (κ1) is 18.8. The van der Waals surface area contributed by atoms with Gasteiger partial charge in [0, 0.05) is 0 Å². The molecule has 0 saturated carbocycles. The molecule has 0 aliphatic carbocycles. The van der Waals surface area contributed by atoms with Crippen LogP contribution < -0.4 is 11.5 Å². The van der Waals surface area contributed by atoms with Crippen LogP contribution in [0.25, 0.3) is 0 Å². The Hall–Kier alpha value is -2.49. The zero-order valence-electron chi connectivity index (χ0n) is 13.2. The minimum Gasteiger partial charge on any atom is -0.506 e. The van der Waals surface area contributed by atoms with Crippen molar-refractivity contribution in [2.45, 2.75) is 10.5 Å². The van der Waals surface area contributed by atoms with Gasteiger partial charge in [0.2, 0.25) is 0 Å². The van der Waals surface area contributed by atoms with Crippen LogP contribution in [0, 0.1) is 0 Å². The van der Waals surface area contributed by atoms with Gasteiger partial charge in [-0.3, -0.25) is 0 Å². The van der Waals surface area contributed by atoms with Crippen molar-refractivity contribution in [3.8, 4) is 11.5 Å². The van der Waals surface area contributed by atoms with E-state index in [1.807, 2.05) is 0 Å². The molecule has 9 heteroatoms. The summed E-state index contributed by atoms with van der Waals surface area (Å²) >= 11 is 0. The quantitative estimate of drug-likeness (QED) is 0.315. The van der Waals surface area contributed by atoms with Gasteiger partial charge in [0.15, 0.2) is 9.84 Å². The Balaban J connectivity index is 2.50. The number of sulfone groups is 1. The predicted molar refractivity (Wildman–Crippen MR) is 93.6 cm³/mol. The molecule has 0 aliphatic rings. The van der Waals surface area contributed by atoms with Crippen molar-refractivity contribution in [1.82, 2.24) is 0 Å². The van der Waals surface area contributed by atoms with E-state index < -0.39 is 33.6 Å². The molecule has 25 heavy (non-hydrogen) atoms. The molecule has 2 rings (SSSR count). The first-order chi connectivity index (χ1) is 11.7. The van der Waals surface area contributed by atoms with Crippen LogP contribution in [0.4, 0.5) is 11.4 Å². The number of nitrogens with two attached hydrogens (primary N) is 2. The lowest BCUT2D eigenvalue weighted by Gasteiger charge is -2.23. The number of anilines is 2. The van der Waals surface area contributed by atoms with Crippen molar-refractivity contribution < 1.29 is 28.8 Å². The molecule has 0 saturated heterocycles. The number of rotatable bonds is 6. The second kappa shape index (κ2) is 7.18. The third-order valence-electron chi connectivity index (χ3n) is 3.97. The van der Waals surface area contributed by atoms with Crippen molar-refractivity contribution in [2.24, 2.45) is 0 Å². The van der Waals surface area contributed by atoms with Crippen LogP contribution >= 0.6 is 0 Å². The number of aromatic hydroxyl groups is 2. The van der Waals surface area contributed by atoms with Crippen molar-refractivity contribution in [3.05, 3.63) is 47.5 Å². The topological polar surface area (TPSA) is 167 Å². The van der Waals surface area contributed by atoms with Gasteiger partial charge in [-0.25, -0.2) is 8.42 Å². The molecule has 136 valence electrons. The summed E-state index contributed by atoms with van der Waals surface area (Å²) in [5.74, 6) is -0.411. The van der Waals surface area contributed by atoms with Gasteiger partial charge in [0.05, 0.1) is 24.6 Å². The van der Waals surface area contributed by atoms with Crippen molar-refractivity contribution in [1.29, 1.82) is 0 Å². The molecule has 2 unspecified atom stereocenters. The van der Waals surface area contributed by atoms with Crippen LogP contribution in [-0.4, -0.2) is 42.1 Å². The van der Waals surface area contributed by atoms with Crippen LogP contribution in [0.5, 0.6) is 11.5 Å². The first-order valence-electron chi connectivity index (χ1n) is 7.33. The number of phenolic OH excluding ortho intramolecular Hbond substituents is 2. The van der Waals surface area contributed by atoms with Crippen LogP contribution in [-0.2, 0) is 9.84 Å². The van der Waals surface area contributed by atoms with E-state index in [1.54, 1.807) is 0 Å². The van der Waals surface area contributed by atoms with Gasteiger partial charge < -0.3 is 31.9 Å². The fourth-order valence-electron chi connectivity index (χ4n) is 2.54. The van der Waals surface area contributed by atoms with Crippen molar-refractivity contribution >= 4 is 21.2 Å². The fraction of sp³-hybridized carbons (Fsp3) is 0.250. The van der Waals surface area contributed by atoms with E-state index in [4.69, 9.17) is 11.5 Å². The third-order valence-corrected chi connectivity index (χ3v) is 6.40. The molecule has 2 aromatic carbocycles. The molecule has 0 spiro atoms. The van der Waals surface area contributed by atoms with Gasteiger partial charge in [0.1, 0.15) is 22.0 Å². The largest absolute Gasteiger partial charge is 0.506 e. The van der Waals surface area contributed by atoms with Gasteiger partial charge in [-0.15, -0.1) is 0 Å². The van der Waals surface area contributed by atoms with Gasteiger partial charge in [-0.1, -0.05) is 12.1 Å². The lowest BCUT2D eigenvalue weighted by Crippen LogP contribution is -2.26. The highest BCUT2D eigenvalue weighted by atomic mass is 32.2. The summed E-state index contributed by atoms with van der Waals surface area (Å²) in [7, 11) is -4.10. The molecule has 0 aromatic heterocycles. The Morgan fingerprint density at radius 3 is 1.44 bits per heavy atom. The summed E-state index contributed by atoms with van der Waals surface area (Å²) < 4.78 is 25.9. The molecule has 0 radical (unpaired) electrons. The average molecular weight is 368 g/mol. The molecule has 2 atom stereocenters. The number of benzene rings is 2. The molecule has 2 aromatic rings. The summed E-state index contributed by atoms with van der Waals surface area (Å²) in [5, 5.41) is 35.5. The van der Waals surface area contributed by atoms with Gasteiger partial charge in [-0.05, 0) is 35.4 Å². The molecule has 0 heterocycles. The van der Waals surface area contributed by atoms with E-state index in [0.29, 0.717) is 0 Å². The maximum atomic E-state index is 13.0. The van der Waals surface area contributed by atoms with E-state index in [9.17, 15) is 28.8 Å². The smallest absolute Gasteiger partial charge is 0.168 e. The lowest BCUT2D eigenvalue weighted by molar-refractivity contribution is 0.278. The molecular formula is C16H20N2O6S. The van der Waals surface area contributed by atoms with E-state index in [-0.39, 0.29) is 34.0 Å². The van der Waals surface area contributed by atoms with Gasteiger partial charge in [0.25, 0.3) is 0 Å². The lowest BCUT2D eigenvalue weighted by atomic mass is 10.1. The summed E-state index contributed by atoms with van der Waals surface area (Å²) in [4.78, 5) is 0.